The van der Waals surface area contributed by atoms with Gasteiger partial charge >= 0.3 is 5.97 Å². The van der Waals surface area contributed by atoms with E-state index in [0.29, 0.717) is 5.56 Å². The Morgan fingerprint density at radius 1 is 0.967 bits per heavy atom. The standard InChI is InChI=1S/C25H35NO3Si/c1-25(2,3)30(4,5)29-23-16-22(28-24(27)21-14-10-7-11-15-21)18-26(19-23)17-20-12-8-6-9-13-20/h6-15,22-23H,16-19H2,1-5H3. The third kappa shape index (κ3) is 6.03. The van der Waals surface area contributed by atoms with E-state index in [4.69, 9.17) is 9.16 Å². The second kappa shape index (κ2) is 9.46. The van der Waals surface area contributed by atoms with E-state index in [1.165, 1.54) is 5.56 Å². The Labute approximate surface area is 182 Å². The fraction of sp³-hybridized carbons (Fsp3) is 0.480. The quantitative estimate of drug-likeness (QED) is 0.452. The summed E-state index contributed by atoms with van der Waals surface area (Å²) in [7, 11) is -1.91. The van der Waals surface area contributed by atoms with Crippen LogP contribution in [0.2, 0.25) is 18.1 Å². The van der Waals surface area contributed by atoms with Crippen molar-refractivity contribution in [2.75, 3.05) is 13.1 Å². The lowest BCUT2D eigenvalue weighted by Gasteiger charge is -2.44. The van der Waals surface area contributed by atoms with Crippen molar-refractivity contribution in [3.8, 4) is 0 Å². The van der Waals surface area contributed by atoms with Crippen LogP contribution in [-0.4, -0.2) is 44.5 Å². The predicted molar refractivity (Wildman–Crippen MR) is 124 cm³/mol. The third-order valence-corrected chi connectivity index (χ3v) is 10.8. The van der Waals surface area contributed by atoms with Crippen molar-refractivity contribution in [2.24, 2.45) is 0 Å². The number of esters is 1. The van der Waals surface area contributed by atoms with Gasteiger partial charge in [-0.3, -0.25) is 4.90 Å². The van der Waals surface area contributed by atoms with Crippen LogP contribution in [-0.2, 0) is 15.7 Å². The molecule has 3 rings (SSSR count). The first-order valence-electron chi connectivity index (χ1n) is 10.8. The summed E-state index contributed by atoms with van der Waals surface area (Å²) in [6.07, 6.45) is 0.637. The molecule has 0 N–H and O–H groups in total. The molecule has 1 aliphatic heterocycles. The van der Waals surface area contributed by atoms with Crippen molar-refractivity contribution in [2.45, 2.75) is 64.1 Å². The van der Waals surface area contributed by atoms with Gasteiger partial charge in [-0.25, -0.2) is 4.79 Å². The molecule has 162 valence electrons. The maximum absolute atomic E-state index is 12.7. The number of ether oxygens (including phenoxy) is 1. The second-order valence-corrected chi connectivity index (χ2v) is 14.6. The van der Waals surface area contributed by atoms with Crippen LogP contribution in [0.25, 0.3) is 0 Å². The molecule has 2 atom stereocenters. The highest BCUT2D eigenvalue weighted by Crippen LogP contribution is 2.38. The van der Waals surface area contributed by atoms with Gasteiger partial charge in [-0.05, 0) is 35.8 Å². The van der Waals surface area contributed by atoms with Gasteiger partial charge < -0.3 is 9.16 Å². The van der Waals surface area contributed by atoms with Crippen LogP contribution in [0.15, 0.2) is 60.7 Å². The fourth-order valence-electron chi connectivity index (χ4n) is 3.62. The molecule has 2 unspecified atom stereocenters. The molecule has 2 aromatic rings. The summed E-state index contributed by atoms with van der Waals surface area (Å²) in [6.45, 7) is 13.8. The van der Waals surface area contributed by atoms with Gasteiger partial charge in [0.1, 0.15) is 6.10 Å². The molecular weight excluding hydrogens is 390 g/mol. The normalized spacial score (nSPS) is 20.7. The molecule has 2 aromatic carbocycles. The number of nitrogens with zero attached hydrogens (tertiary/aromatic N) is 1. The number of carbonyl (C=O) groups is 1. The zero-order valence-corrected chi connectivity index (χ0v) is 19.9. The maximum atomic E-state index is 12.7. The minimum absolute atomic E-state index is 0.0666. The van der Waals surface area contributed by atoms with E-state index in [-0.39, 0.29) is 23.2 Å². The molecule has 0 radical (unpaired) electrons. The first kappa shape index (κ1) is 22.7. The van der Waals surface area contributed by atoms with Gasteiger partial charge in [-0.15, -0.1) is 0 Å². The first-order chi connectivity index (χ1) is 14.1. The highest BCUT2D eigenvalue weighted by molar-refractivity contribution is 6.74. The summed E-state index contributed by atoms with van der Waals surface area (Å²) in [4.78, 5) is 15.0. The van der Waals surface area contributed by atoms with Gasteiger partial charge in [-0.2, -0.15) is 0 Å². The largest absolute Gasteiger partial charge is 0.457 e. The Hall–Kier alpha value is -1.95. The molecule has 1 saturated heterocycles. The van der Waals surface area contributed by atoms with E-state index in [9.17, 15) is 4.79 Å². The zero-order valence-electron chi connectivity index (χ0n) is 18.9. The van der Waals surface area contributed by atoms with Gasteiger partial charge in [0.05, 0.1) is 11.7 Å². The summed E-state index contributed by atoms with van der Waals surface area (Å²) >= 11 is 0. The molecule has 1 fully saturated rings. The van der Waals surface area contributed by atoms with E-state index in [2.05, 4.69) is 63.0 Å². The highest BCUT2D eigenvalue weighted by Gasteiger charge is 2.41. The summed E-state index contributed by atoms with van der Waals surface area (Å²) in [6, 6.07) is 19.7. The molecule has 4 nitrogen and oxygen atoms in total. The van der Waals surface area contributed by atoms with E-state index >= 15 is 0 Å². The molecule has 1 aliphatic rings. The van der Waals surface area contributed by atoms with Gasteiger partial charge in [0.2, 0.25) is 0 Å². The Morgan fingerprint density at radius 2 is 1.53 bits per heavy atom. The molecule has 0 spiro atoms. The van der Waals surface area contributed by atoms with Gasteiger partial charge in [-0.1, -0.05) is 69.3 Å². The summed E-state index contributed by atoms with van der Waals surface area (Å²) in [5, 5.41) is 0.144. The number of rotatable bonds is 6. The van der Waals surface area contributed by atoms with Crippen LogP contribution >= 0.6 is 0 Å². The molecule has 0 bridgehead atoms. The summed E-state index contributed by atoms with van der Waals surface area (Å²) < 4.78 is 12.7. The first-order valence-corrected chi connectivity index (χ1v) is 13.7. The summed E-state index contributed by atoms with van der Waals surface area (Å²) in [5.74, 6) is -0.256. The molecule has 0 saturated carbocycles. The maximum Gasteiger partial charge on any atom is 0.338 e. The fourth-order valence-corrected chi connectivity index (χ4v) is 4.98. The van der Waals surface area contributed by atoms with Crippen LogP contribution in [0.5, 0.6) is 0 Å². The summed E-state index contributed by atoms with van der Waals surface area (Å²) in [5.41, 5.74) is 1.86. The van der Waals surface area contributed by atoms with Crippen molar-refractivity contribution in [3.63, 3.8) is 0 Å². The molecule has 0 aromatic heterocycles. The lowest BCUT2D eigenvalue weighted by atomic mass is 10.0. The second-order valence-electron chi connectivity index (χ2n) is 9.81. The number of carbonyl (C=O) groups excluding carboxylic acids is 1. The van der Waals surface area contributed by atoms with Crippen molar-refractivity contribution >= 4 is 14.3 Å². The van der Waals surface area contributed by atoms with Crippen molar-refractivity contribution in [1.82, 2.24) is 4.90 Å². The van der Waals surface area contributed by atoms with Gasteiger partial charge in [0.25, 0.3) is 0 Å². The van der Waals surface area contributed by atoms with E-state index in [1.54, 1.807) is 12.1 Å². The number of benzene rings is 2. The van der Waals surface area contributed by atoms with Crippen LogP contribution in [0.1, 0.15) is 43.1 Å². The van der Waals surface area contributed by atoms with Gasteiger partial charge in [0, 0.05) is 26.1 Å². The Bertz CT molecular complexity index is 817. The van der Waals surface area contributed by atoms with Crippen molar-refractivity contribution in [3.05, 3.63) is 71.8 Å². The monoisotopic (exact) mass is 425 g/mol. The minimum Gasteiger partial charge on any atom is -0.457 e. The van der Waals surface area contributed by atoms with E-state index < -0.39 is 8.32 Å². The average Bonchev–Trinajstić information content (AvgIpc) is 2.68. The Kier molecular flexibility index (Phi) is 7.16. The van der Waals surface area contributed by atoms with Crippen LogP contribution in [0.4, 0.5) is 0 Å². The number of piperidine rings is 1. The smallest absolute Gasteiger partial charge is 0.338 e. The van der Waals surface area contributed by atoms with Crippen molar-refractivity contribution in [1.29, 1.82) is 0 Å². The number of likely N-dealkylation sites (tertiary alicyclic amines) is 1. The number of hydrogen-bond acceptors (Lipinski definition) is 4. The van der Waals surface area contributed by atoms with E-state index in [0.717, 1.165) is 26.1 Å². The molecule has 0 aliphatic carbocycles. The molecule has 5 heteroatoms. The lowest BCUT2D eigenvalue weighted by Crippen LogP contribution is -2.53. The lowest BCUT2D eigenvalue weighted by molar-refractivity contribution is -0.0284. The Morgan fingerprint density at radius 3 is 2.13 bits per heavy atom. The van der Waals surface area contributed by atoms with Crippen LogP contribution in [0, 0.1) is 0 Å². The van der Waals surface area contributed by atoms with Crippen LogP contribution in [0.3, 0.4) is 0 Å². The molecular formula is C25H35NO3Si. The molecule has 30 heavy (non-hydrogen) atoms. The molecule has 1 heterocycles. The zero-order chi connectivity index (χ0) is 21.8. The SMILES string of the molecule is CC(C)(C)[Si](C)(C)OC1CC(OC(=O)c2ccccc2)CN(Cc2ccccc2)C1. The average molecular weight is 426 g/mol. The molecule has 0 amide bonds. The van der Waals surface area contributed by atoms with Crippen molar-refractivity contribution < 1.29 is 14.0 Å². The van der Waals surface area contributed by atoms with E-state index in [1.807, 2.05) is 24.3 Å². The minimum atomic E-state index is -1.91. The third-order valence-electron chi connectivity index (χ3n) is 6.25. The Balaban J connectivity index is 1.73. The predicted octanol–water partition coefficient (Wildman–Crippen LogP) is 5.51. The van der Waals surface area contributed by atoms with Gasteiger partial charge in [0.15, 0.2) is 8.32 Å². The number of hydrogen-bond donors (Lipinski definition) is 0. The van der Waals surface area contributed by atoms with Crippen LogP contribution < -0.4 is 0 Å². The topological polar surface area (TPSA) is 38.8 Å². The highest BCUT2D eigenvalue weighted by atomic mass is 28.4.